The second-order valence-electron chi connectivity index (χ2n) is 12.1. The van der Waals surface area contributed by atoms with Crippen molar-refractivity contribution in [3.63, 3.8) is 0 Å². The Balaban J connectivity index is 1.36. The number of aliphatic hydroxyl groups excluding tert-OH is 1. The molecule has 0 radical (unpaired) electrons. The lowest BCUT2D eigenvalue weighted by molar-refractivity contribution is -0.119. The van der Waals surface area contributed by atoms with Crippen LogP contribution in [0.25, 0.3) is 0 Å². The minimum Gasteiger partial charge on any atom is -0.444 e. The van der Waals surface area contributed by atoms with Crippen LogP contribution in [0, 0.1) is 0 Å². The van der Waals surface area contributed by atoms with Crippen LogP contribution in [-0.2, 0) is 9.53 Å². The summed E-state index contributed by atoms with van der Waals surface area (Å²) in [5.74, 6) is 0.853. The van der Waals surface area contributed by atoms with E-state index in [1.54, 1.807) is 65.4 Å². The Kier molecular flexibility index (Phi) is 8.41. The van der Waals surface area contributed by atoms with Gasteiger partial charge in [-0.1, -0.05) is 42.5 Å². The number of likely N-dealkylation sites (tertiary alicyclic amines) is 1. The van der Waals surface area contributed by atoms with Gasteiger partial charge < -0.3 is 29.9 Å². The summed E-state index contributed by atoms with van der Waals surface area (Å²) < 4.78 is 5.55. The number of hydrogen-bond acceptors (Lipinski definition) is 8. The van der Waals surface area contributed by atoms with Gasteiger partial charge in [0.05, 0.1) is 5.69 Å². The standard InChI is InChI=1S/C33H39N5O5/c1-21-31(41)36(5)26-14-15-27(34-24-13-9-12-23(20-24)29(40)28(39)22-10-7-6-8-11-22)35-30(26)38(21)25-16-18-37(19-17-25)32(42)43-33(2,3)4/h6-15,20-21,25,29,40H,16-19H2,1-5H3,(H,34,35)/t21-,29?/m1/s1. The largest absolute Gasteiger partial charge is 0.444 e. The lowest BCUT2D eigenvalue weighted by atomic mass is 9.99. The van der Waals surface area contributed by atoms with Gasteiger partial charge in [0.15, 0.2) is 11.6 Å². The van der Waals surface area contributed by atoms with E-state index in [4.69, 9.17) is 9.72 Å². The number of ether oxygens (including phenoxy) is 1. The Hall–Kier alpha value is -4.44. The van der Waals surface area contributed by atoms with Crippen molar-refractivity contribution in [2.45, 2.75) is 64.3 Å². The van der Waals surface area contributed by atoms with E-state index in [0.717, 1.165) is 0 Å². The molecule has 226 valence electrons. The van der Waals surface area contributed by atoms with Crippen molar-refractivity contribution >= 4 is 40.8 Å². The number of rotatable bonds is 6. The third-order valence-electron chi connectivity index (χ3n) is 7.86. The zero-order valence-corrected chi connectivity index (χ0v) is 25.3. The first-order valence-corrected chi connectivity index (χ1v) is 14.6. The van der Waals surface area contributed by atoms with Crippen molar-refractivity contribution in [3.8, 4) is 0 Å². The molecule has 0 spiro atoms. The van der Waals surface area contributed by atoms with E-state index >= 15 is 0 Å². The molecule has 2 aliphatic rings. The maximum atomic E-state index is 13.2. The predicted molar refractivity (Wildman–Crippen MR) is 166 cm³/mol. The van der Waals surface area contributed by atoms with Gasteiger partial charge in [-0.3, -0.25) is 9.59 Å². The molecule has 1 unspecified atom stereocenters. The third kappa shape index (κ3) is 6.49. The number of fused-ring (bicyclic) bond motifs is 1. The van der Waals surface area contributed by atoms with E-state index in [1.165, 1.54) is 0 Å². The van der Waals surface area contributed by atoms with Crippen LogP contribution < -0.4 is 15.1 Å². The van der Waals surface area contributed by atoms with Gasteiger partial charge in [-0.25, -0.2) is 9.78 Å². The van der Waals surface area contributed by atoms with Crippen molar-refractivity contribution in [2.24, 2.45) is 0 Å². The van der Waals surface area contributed by atoms with Gasteiger partial charge in [-0.15, -0.1) is 0 Å². The highest BCUT2D eigenvalue weighted by atomic mass is 16.6. The summed E-state index contributed by atoms with van der Waals surface area (Å²) in [6.45, 7) is 8.50. The molecule has 3 aromatic rings. The third-order valence-corrected chi connectivity index (χ3v) is 7.86. The van der Waals surface area contributed by atoms with Crippen molar-refractivity contribution in [1.29, 1.82) is 0 Å². The number of anilines is 4. The molecule has 2 amide bonds. The molecule has 0 aliphatic carbocycles. The number of nitrogens with zero attached hydrogens (tertiary/aromatic N) is 4. The Morgan fingerprint density at radius 2 is 1.72 bits per heavy atom. The maximum Gasteiger partial charge on any atom is 0.410 e. The summed E-state index contributed by atoms with van der Waals surface area (Å²) in [6.07, 6.45) is -0.275. The summed E-state index contributed by atoms with van der Waals surface area (Å²) in [5, 5.41) is 14.1. The minimum absolute atomic E-state index is 0.00955. The van der Waals surface area contributed by atoms with Crippen LogP contribution in [0.5, 0.6) is 0 Å². The number of nitrogens with one attached hydrogen (secondary N) is 1. The van der Waals surface area contributed by atoms with Crippen LogP contribution >= 0.6 is 0 Å². The maximum absolute atomic E-state index is 13.2. The Morgan fingerprint density at radius 3 is 2.40 bits per heavy atom. The molecule has 5 rings (SSSR count). The van der Waals surface area contributed by atoms with Crippen LogP contribution in [0.3, 0.4) is 0 Å². The van der Waals surface area contributed by atoms with E-state index in [1.807, 2.05) is 45.9 Å². The number of benzene rings is 2. The van der Waals surface area contributed by atoms with Crippen molar-refractivity contribution in [1.82, 2.24) is 9.88 Å². The highest BCUT2D eigenvalue weighted by molar-refractivity contribution is 6.04. The summed E-state index contributed by atoms with van der Waals surface area (Å²) in [4.78, 5) is 49.0. The van der Waals surface area contributed by atoms with E-state index in [0.29, 0.717) is 60.1 Å². The molecule has 43 heavy (non-hydrogen) atoms. The number of piperidine rings is 1. The summed E-state index contributed by atoms with van der Waals surface area (Å²) >= 11 is 0. The van der Waals surface area contributed by atoms with Gasteiger partial charge in [0.2, 0.25) is 5.91 Å². The fraction of sp³-hybridized carbons (Fsp3) is 0.394. The second-order valence-corrected chi connectivity index (χ2v) is 12.1. The molecule has 10 nitrogen and oxygen atoms in total. The molecule has 10 heteroatoms. The van der Waals surface area contributed by atoms with Crippen LogP contribution in [-0.4, -0.2) is 70.6 Å². The van der Waals surface area contributed by atoms with Gasteiger partial charge in [0, 0.05) is 37.4 Å². The van der Waals surface area contributed by atoms with Crippen LogP contribution in [0.15, 0.2) is 66.7 Å². The summed E-state index contributed by atoms with van der Waals surface area (Å²) in [5.41, 5.74) is 1.72. The molecule has 2 aliphatic heterocycles. The fourth-order valence-electron chi connectivity index (χ4n) is 5.65. The lowest BCUT2D eigenvalue weighted by Gasteiger charge is -2.46. The van der Waals surface area contributed by atoms with E-state index in [2.05, 4.69) is 10.2 Å². The molecule has 1 fully saturated rings. The van der Waals surface area contributed by atoms with Crippen molar-refractivity contribution in [2.75, 3.05) is 35.3 Å². The lowest BCUT2D eigenvalue weighted by Crippen LogP contribution is -2.57. The summed E-state index contributed by atoms with van der Waals surface area (Å²) in [7, 11) is 1.75. The zero-order valence-electron chi connectivity index (χ0n) is 25.3. The predicted octanol–water partition coefficient (Wildman–Crippen LogP) is 5.31. The zero-order chi connectivity index (χ0) is 30.9. The van der Waals surface area contributed by atoms with E-state index in [9.17, 15) is 19.5 Å². The molecule has 1 saturated heterocycles. The average molecular weight is 586 g/mol. The number of likely N-dealkylation sites (N-methyl/N-ethyl adjacent to an activating group) is 1. The van der Waals surface area contributed by atoms with Crippen LogP contribution in [0.1, 0.15) is 62.6 Å². The minimum atomic E-state index is -1.30. The number of ketones is 1. The molecule has 3 heterocycles. The van der Waals surface area contributed by atoms with Gasteiger partial charge in [-0.2, -0.15) is 0 Å². The van der Waals surface area contributed by atoms with E-state index < -0.39 is 17.7 Å². The average Bonchev–Trinajstić information content (AvgIpc) is 2.99. The molecule has 1 aromatic heterocycles. The topological polar surface area (TPSA) is 115 Å². The SMILES string of the molecule is C[C@@H]1C(=O)N(C)c2ccc(Nc3cccc(C(O)C(=O)c4ccccc4)c3)nc2N1C1CCN(C(=O)OC(C)(C)C)CC1. The normalized spacial score (nSPS) is 18.2. The number of carbonyl (C=O) groups excluding carboxylic acids is 3. The van der Waals surface area contributed by atoms with Crippen molar-refractivity contribution in [3.05, 3.63) is 77.9 Å². The molecule has 2 atom stereocenters. The number of carbonyl (C=O) groups is 3. The molecular weight excluding hydrogens is 546 g/mol. The monoisotopic (exact) mass is 585 g/mol. The molecule has 0 saturated carbocycles. The number of pyridine rings is 1. The molecule has 2 aromatic carbocycles. The van der Waals surface area contributed by atoms with Gasteiger partial charge >= 0.3 is 6.09 Å². The number of Topliss-reactive ketones (excluding diaryl/α,β-unsaturated/α-hetero) is 1. The Morgan fingerprint density at radius 1 is 1.02 bits per heavy atom. The first kappa shape index (κ1) is 30.0. The molecule has 2 N–H and O–H groups in total. The highest BCUT2D eigenvalue weighted by Crippen LogP contribution is 2.38. The number of aliphatic hydroxyl groups is 1. The van der Waals surface area contributed by atoms with E-state index in [-0.39, 0.29) is 23.8 Å². The van der Waals surface area contributed by atoms with Crippen LogP contribution in [0.2, 0.25) is 0 Å². The highest BCUT2D eigenvalue weighted by Gasteiger charge is 2.40. The van der Waals surface area contributed by atoms with Gasteiger partial charge in [-0.05, 0) is 70.4 Å². The van der Waals surface area contributed by atoms with Gasteiger partial charge in [0.1, 0.15) is 23.6 Å². The summed E-state index contributed by atoms with van der Waals surface area (Å²) in [6, 6.07) is 19.0. The Labute approximate surface area is 252 Å². The first-order valence-electron chi connectivity index (χ1n) is 14.6. The second kappa shape index (κ2) is 12.0. The number of amides is 2. The molecular formula is C33H39N5O5. The number of aromatic nitrogens is 1. The first-order chi connectivity index (χ1) is 20.4. The van der Waals surface area contributed by atoms with Crippen LogP contribution in [0.4, 0.5) is 27.8 Å². The smallest absolute Gasteiger partial charge is 0.410 e. The quantitative estimate of drug-likeness (QED) is 0.374. The van der Waals surface area contributed by atoms with Gasteiger partial charge in [0.25, 0.3) is 0 Å². The fourth-order valence-corrected chi connectivity index (χ4v) is 5.65. The Bertz CT molecular complexity index is 1500. The van der Waals surface area contributed by atoms with Crippen molar-refractivity contribution < 1.29 is 24.2 Å². The molecule has 0 bridgehead atoms. The number of hydrogen-bond donors (Lipinski definition) is 2.